The normalized spacial score (nSPS) is 23.1. The Balaban J connectivity index is 2.28. The Kier molecular flexibility index (Phi) is 5.76. The van der Waals surface area contributed by atoms with Gasteiger partial charge in [-0.15, -0.1) is 0 Å². The van der Waals surface area contributed by atoms with Crippen LogP contribution in [0.25, 0.3) is 0 Å². The van der Waals surface area contributed by atoms with Crippen LogP contribution in [0.2, 0.25) is 5.02 Å². The summed E-state index contributed by atoms with van der Waals surface area (Å²) >= 11 is 10.0. The number of benzene rings is 1. The monoisotopic (exact) mass is 358 g/mol. The van der Waals surface area contributed by atoms with Crippen molar-refractivity contribution >= 4 is 33.2 Å². The Labute approximate surface area is 136 Å². The lowest BCUT2D eigenvalue weighted by Gasteiger charge is -2.42. The summed E-state index contributed by atoms with van der Waals surface area (Å²) in [7, 11) is 0. The molecule has 112 valence electrons. The molecule has 1 aromatic carbocycles. The molecule has 1 N–H and O–H groups in total. The number of halogens is 2. The van der Waals surface area contributed by atoms with E-state index in [9.17, 15) is 0 Å². The van der Waals surface area contributed by atoms with Gasteiger partial charge in [-0.3, -0.25) is 0 Å². The number of nitrogens with zero attached hydrogens (tertiary/aromatic N) is 1. The first-order chi connectivity index (χ1) is 9.56. The molecule has 4 heteroatoms. The summed E-state index contributed by atoms with van der Waals surface area (Å²) in [6.45, 7) is 8.66. The molecule has 0 amide bonds. The standard InChI is InChI=1S/C16H24BrClN2/c1-4-6-12-10-20(13(5-2)9-19-12)16-8-15(18)11(3)7-14(16)17/h7-8,12-13,19H,4-6,9-10H2,1-3H3. The Bertz CT molecular complexity index is 464. The van der Waals surface area contributed by atoms with Gasteiger partial charge in [0.2, 0.25) is 0 Å². The van der Waals surface area contributed by atoms with Crippen LogP contribution in [0.5, 0.6) is 0 Å². The molecule has 2 nitrogen and oxygen atoms in total. The average molecular weight is 360 g/mol. The first-order valence-electron chi connectivity index (χ1n) is 7.52. The van der Waals surface area contributed by atoms with Gasteiger partial charge < -0.3 is 10.2 Å². The summed E-state index contributed by atoms with van der Waals surface area (Å²) in [6, 6.07) is 5.35. The van der Waals surface area contributed by atoms with Gasteiger partial charge >= 0.3 is 0 Å². The van der Waals surface area contributed by atoms with Crippen molar-refractivity contribution in [2.24, 2.45) is 0 Å². The highest BCUT2D eigenvalue weighted by Gasteiger charge is 2.27. The van der Waals surface area contributed by atoms with Crippen LogP contribution in [0.4, 0.5) is 5.69 Å². The van der Waals surface area contributed by atoms with Gasteiger partial charge in [-0.05, 0) is 53.4 Å². The van der Waals surface area contributed by atoms with Crippen LogP contribution < -0.4 is 10.2 Å². The third-order valence-electron chi connectivity index (χ3n) is 4.15. The average Bonchev–Trinajstić information content (AvgIpc) is 2.43. The fourth-order valence-corrected chi connectivity index (χ4v) is 3.76. The number of rotatable bonds is 4. The maximum atomic E-state index is 6.33. The van der Waals surface area contributed by atoms with Crippen molar-refractivity contribution in [3.63, 3.8) is 0 Å². The van der Waals surface area contributed by atoms with Crippen LogP contribution in [0.15, 0.2) is 16.6 Å². The molecule has 0 saturated carbocycles. The molecule has 0 spiro atoms. The lowest BCUT2D eigenvalue weighted by molar-refractivity contribution is 0.369. The van der Waals surface area contributed by atoms with E-state index in [4.69, 9.17) is 11.6 Å². The van der Waals surface area contributed by atoms with Gasteiger partial charge in [0.05, 0.1) is 5.69 Å². The van der Waals surface area contributed by atoms with Crippen molar-refractivity contribution in [1.82, 2.24) is 5.32 Å². The first-order valence-corrected chi connectivity index (χ1v) is 8.69. The first kappa shape index (κ1) is 16.1. The molecule has 1 aliphatic rings. The highest BCUT2D eigenvalue weighted by atomic mass is 79.9. The molecule has 1 saturated heterocycles. The number of hydrogen-bond donors (Lipinski definition) is 1. The summed E-state index contributed by atoms with van der Waals surface area (Å²) in [5.74, 6) is 0. The summed E-state index contributed by atoms with van der Waals surface area (Å²) in [6.07, 6.45) is 3.59. The topological polar surface area (TPSA) is 15.3 Å². The van der Waals surface area contributed by atoms with Gasteiger partial charge in [0.1, 0.15) is 0 Å². The molecule has 1 fully saturated rings. The van der Waals surface area contributed by atoms with Crippen LogP contribution in [0.3, 0.4) is 0 Å². The Hall–Kier alpha value is -0.250. The quantitative estimate of drug-likeness (QED) is 0.833. The van der Waals surface area contributed by atoms with Gasteiger partial charge in [-0.2, -0.15) is 0 Å². The minimum atomic E-state index is 0.540. The second kappa shape index (κ2) is 7.15. The van der Waals surface area contributed by atoms with Crippen molar-refractivity contribution in [1.29, 1.82) is 0 Å². The maximum absolute atomic E-state index is 6.33. The number of aryl methyl sites for hydroxylation is 1. The van der Waals surface area contributed by atoms with Gasteiger partial charge in [-0.25, -0.2) is 0 Å². The number of anilines is 1. The van der Waals surface area contributed by atoms with E-state index in [2.05, 4.69) is 52.1 Å². The molecule has 2 atom stereocenters. The zero-order chi connectivity index (χ0) is 14.7. The van der Waals surface area contributed by atoms with E-state index in [-0.39, 0.29) is 0 Å². The minimum absolute atomic E-state index is 0.540. The van der Waals surface area contributed by atoms with Gasteiger partial charge in [0, 0.05) is 34.7 Å². The molecule has 1 aliphatic heterocycles. The molecular formula is C16H24BrClN2. The van der Waals surface area contributed by atoms with Gasteiger partial charge in [0.15, 0.2) is 0 Å². The molecule has 2 rings (SSSR count). The smallest absolute Gasteiger partial charge is 0.0529 e. The predicted octanol–water partition coefficient (Wildman–Crippen LogP) is 4.77. The summed E-state index contributed by atoms with van der Waals surface area (Å²) < 4.78 is 1.15. The van der Waals surface area contributed by atoms with Crippen LogP contribution in [-0.2, 0) is 0 Å². The van der Waals surface area contributed by atoms with Crippen molar-refractivity contribution in [2.75, 3.05) is 18.0 Å². The van der Waals surface area contributed by atoms with Crippen LogP contribution in [0.1, 0.15) is 38.7 Å². The van der Waals surface area contributed by atoms with Gasteiger partial charge in [-0.1, -0.05) is 31.9 Å². The molecule has 1 aromatic rings. The molecule has 2 unspecified atom stereocenters. The third kappa shape index (κ3) is 3.49. The summed E-state index contributed by atoms with van der Waals surface area (Å²) in [5, 5.41) is 4.53. The van der Waals surface area contributed by atoms with E-state index in [0.29, 0.717) is 12.1 Å². The zero-order valence-electron chi connectivity index (χ0n) is 12.5. The van der Waals surface area contributed by atoms with Crippen molar-refractivity contribution in [2.45, 2.75) is 52.1 Å². The molecule has 0 aromatic heterocycles. The summed E-state index contributed by atoms with van der Waals surface area (Å²) in [4.78, 5) is 2.52. The lowest BCUT2D eigenvalue weighted by Crippen LogP contribution is -2.56. The Morgan fingerprint density at radius 3 is 2.80 bits per heavy atom. The Morgan fingerprint density at radius 1 is 1.40 bits per heavy atom. The van der Waals surface area contributed by atoms with E-state index in [0.717, 1.165) is 34.6 Å². The van der Waals surface area contributed by atoms with E-state index < -0.39 is 0 Å². The van der Waals surface area contributed by atoms with E-state index in [1.165, 1.54) is 18.5 Å². The second-order valence-electron chi connectivity index (χ2n) is 5.66. The minimum Gasteiger partial charge on any atom is -0.365 e. The summed E-state index contributed by atoms with van der Waals surface area (Å²) in [5.41, 5.74) is 2.35. The molecule has 1 heterocycles. The molecule has 0 bridgehead atoms. The Morgan fingerprint density at radius 2 is 2.15 bits per heavy atom. The number of hydrogen-bond acceptors (Lipinski definition) is 2. The second-order valence-corrected chi connectivity index (χ2v) is 6.92. The van der Waals surface area contributed by atoms with Crippen LogP contribution >= 0.6 is 27.5 Å². The van der Waals surface area contributed by atoms with Crippen molar-refractivity contribution in [3.8, 4) is 0 Å². The zero-order valence-corrected chi connectivity index (χ0v) is 14.9. The van der Waals surface area contributed by atoms with E-state index >= 15 is 0 Å². The lowest BCUT2D eigenvalue weighted by atomic mass is 10.0. The van der Waals surface area contributed by atoms with Crippen LogP contribution in [-0.4, -0.2) is 25.2 Å². The predicted molar refractivity (Wildman–Crippen MR) is 92.0 cm³/mol. The highest BCUT2D eigenvalue weighted by Crippen LogP contribution is 2.34. The highest BCUT2D eigenvalue weighted by molar-refractivity contribution is 9.10. The molecule has 0 aliphatic carbocycles. The van der Waals surface area contributed by atoms with Crippen molar-refractivity contribution in [3.05, 3.63) is 27.2 Å². The van der Waals surface area contributed by atoms with Crippen molar-refractivity contribution < 1.29 is 0 Å². The maximum Gasteiger partial charge on any atom is 0.0529 e. The van der Waals surface area contributed by atoms with Crippen LogP contribution in [0, 0.1) is 6.92 Å². The molecular weight excluding hydrogens is 336 g/mol. The molecule has 20 heavy (non-hydrogen) atoms. The number of nitrogens with one attached hydrogen (secondary N) is 1. The fraction of sp³-hybridized carbons (Fsp3) is 0.625. The van der Waals surface area contributed by atoms with E-state index in [1.807, 2.05) is 6.92 Å². The van der Waals surface area contributed by atoms with Gasteiger partial charge in [0.25, 0.3) is 0 Å². The largest absolute Gasteiger partial charge is 0.365 e. The van der Waals surface area contributed by atoms with E-state index in [1.54, 1.807) is 0 Å². The SMILES string of the molecule is CCCC1CN(c2cc(Cl)c(C)cc2Br)C(CC)CN1. The third-order valence-corrected chi connectivity index (χ3v) is 5.19. The fourth-order valence-electron chi connectivity index (χ4n) is 2.92. The number of piperazine rings is 1. The molecule has 0 radical (unpaired) electrons.